The maximum Gasteiger partial charge on any atom is 0.351 e. The molecule has 0 bridgehead atoms. The van der Waals surface area contributed by atoms with Crippen molar-refractivity contribution in [2.24, 2.45) is 0 Å². The molecule has 21 heavy (non-hydrogen) atoms. The Balaban J connectivity index is 2.26. The smallest absolute Gasteiger partial charge is 0.351 e. The van der Waals surface area contributed by atoms with Crippen molar-refractivity contribution >= 4 is 17.7 Å². The van der Waals surface area contributed by atoms with Gasteiger partial charge in [-0.1, -0.05) is 12.1 Å². The van der Waals surface area contributed by atoms with Crippen molar-refractivity contribution in [2.75, 3.05) is 13.4 Å². The fourth-order valence-corrected chi connectivity index (χ4v) is 2.86. The van der Waals surface area contributed by atoms with E-state index in [4.69, 9.17) is 9.15 Å². The molecule has 0 fully saturated rings. The summed E-state index contributed by atoms with van der Waals surface area (Å²) in [6.07, 6.45) is 1.88. The molecular weight excluding hydrogens is 292 g/mol. The molecule has 2 heterocycles. The van der Waals surface area contributed by atoms with Crippen LogP contribution in [0.2, 0.25) is 0 Å². The van der Waals surface area contributed by atoms with Gasteiger partial charge in [0.05, 0.1) is 12.7 Å². The predicted molar refractivity (Wildman–Crippen MR) is 78.6 cm³/mol. The Morgan fingerprint density at radius 1 is 1.33 bits per heavy atom. The third-order valence-corrected chi connectivity index (χ3v) is 3.99. The Labute approximate surface area is 124 Å². The second-order valence-electron chi connectivity index (χ2n) is 4.41. The Hall–Kier alpha value is -2.21. The van der Waals surface area contributed by atoms with Crippen LogP contribution in [0.15, 0.2) is 39.5 Å². The number of esters is 1. The first kappa shape index (κ1) is 13.8. The minimum absolute atomic E-state index is 0.127. The zero-order chi connectivity index (χ0) is 15.0. The van der Waals surface area contributed by atoms with Crippen LogP contribution < -0.4 is 10.4 Å². The summed E-state index contributed by atoms with van der Waals surface area (Å²) < 4.78 is 15.8. The second-order valence-corrected chi connectivity index (χ2v) is 5.30. The summed E-state index contributed by atoms with van der Waals surface area (Å²) >= 11 is 1.45. The number of carbonyl (C=O) groups excluding carboxylic acids is 1. The molecule has 0 radical (unpaired) electrons. The number of thioether (sulfide) groups is 1. The topological polar surface area (TPSA) is 65.7 Å². The number of fused-ring (bicyclic) bond motifs is 3. The molecule has 1 atom stereocenters. The molecule has 1 unspecified atom stereocenters. The zero-order valence-corrected chi connectivity index (χ0v) is 12.2. The quantitative estimate of drug-likeness (QED) is 0.795. The summed E-state index contributed by atoms with van der Waals surface area (Å²) in [6, 6.07) is 8.80. The molecular formula is C15H12O5S. The lowest BCUT2D eigenvalue weighted by Crippen LogP contribution is -2.20. The molecule has 0 amide bonds. The molecule has 6 heteroatoms. The summed E-state index contributed by atoms with van der Waals surface area (Å²) in [4.78, 5) is 23.6. The van der Waals surface area contributed by atoms with Gasteiger partial charge in [-0.3, -0.25) is 0 Å². The number of rotatable bonds is 2. The molecule has 0 aliphatic carbocycles. The fraction of sp³-hybridized carbons (Fsp3) is 0.200. The van der Waals surface area contributed by atoms with Gasteiger partial charge >= 0.3 is 11.6 Å². The predicted octanol–water partition coefficient (Wildman–Crippen LogP) is 2.85. The van der Waals surface area contributed by atoms with E-state index in [0.717, 1.165) is 0 Å². The van der Waals surface area contributed by atoms with E-state index in [2.05, 4.69) is 4.74 Å². The molecule has 108 valence electrons. The monoisotopic (exact) mass is 304 g/mol. The summed E-state index contributed by atoms with van der Waals surface area (Å²) in [5, 5.41) is 0. The average Bonchev–Trinajstić information content (AvgIpc) is 2.52. The standard InChI is InChI=1S/C15H12O5S/c1-18-13(16)10-7-9-12(20-14(10)17)8-5-3-4-6-11(8)19-15(9)21-2/h3-7,15H,1-2H3. The van der Waals surface area contributed by atoms with Crippen LogP contribution >= 0.6 is 11.8 Å². The van der Waals surface area contributed by atoms with E-state index < -0.39 is 11.6 Å². The third-order valence-electron chi connectivity index (χ3n) is 3.22. The highest BCUT2D eigenvalue weighted by Gasteiger charge is 2.30. The molecule has 1 aliphatic heterocycles. The lowest BCUT2D eigenvalue weighted by molar-refractivity contribution is 0.0595. The number of benzene rings is 1. The van der Waals surface area contributed by atoms with Gasteiger partial charge in [-0.2, -0.15) is 0 Å². The first-order chi connectivity index (χ1) is 10.2. The highest BCUT2D eigenvalue weighted by atomic mass is 32.2. The average molecular weight is 304 g/mol. The first-order valence-corrected chi connectivity index (χ1v) is 7.49. The van der Waals surface area contributed by atoms with Crippen molar-refractivity contribution < 1.29 is 18.7 Å². The maximum atomic E-state index is 12.0. The van der Waals surface area contributed by atoms with Crippen LogP contribution in [0, 0.1) is 0 Å². The maximum absolute atomic E-state index is 12.0. The van der Waals surface area contributed by atoms with Gasteiger partial charge in [-0.15, -0.1) is 11.8 Å². The van der Waals surface area contributed by atoms with Crippen molar-refractivity contribution in [1.29, 1.82) is 0 Å². The number of hydrogen-bond donors (Lipinski definition) is 0. The van der Waals surface area contributed by atoms with Crippen LogP contribution in [-0.4, -0.2) is 19.3 Å². The van der Waals surface area contributed by atoms with Crippen LogP contribution in [0.5, 0.6) is 5.75 Å². The molecule has 2 aromatic rings. The molecule has 3 rings (SSSR count). The van der Waals surface area contributed by atoms with E-state index >= 15 is 0 Å². The Morgan fingerprint density at radius 2 is 2.10 bits per heavy atom. The molecule has 1 aromatic carbocycles. The van der Waals surface area contributed by atoms with Gasteiger partial charge in [0.2, 0.25) is 0 Å². The molecule has 0 saturated carbocycles. The lowest BCUT2D eigenvalue weighted by atomic mass is 10.0. The molecule has 0 saturated heterocycles. The van der Waals surface area contributed by atoms with Crippen LogP contribution in [0.4, 0.5) is 0 Å². The normalized spacial score (nSPS) is 15.6. The van der Waals surface area contributed by atoms with Gasteiger partial charge in [-0.05, 0) is 24.5 Å². The van der Waals surface area contributed by atoms with Crippen LogP contribution in [-0.2, 0) is 4.74 Å². The van der Waals surface area contributed by atoms with Crippen molar-refractivity contribution in [2.45, 2.75) is 5.44 Å². The van der Waals surface area contributed by atoms with Crippen molar-refractivity contribution in [3.05, 3.63) is 51.9 Å². The van der Waals surface area contributed by atoms with E-state index in [9.17, 15) is 9.59 Å². The number of methoxy groups -OCH3 is 1. The van der Waals surface area contributed by atoms with E-state index in [-0.39, 0.29) is 11.0 Å². The van der Waals surface area contributed by atoms with E-state index in [1.165, 1.54) is 24.9 Å². The van der Waals surface area contributed by atoms with Crippen LogP contribution in [0.3, 0.4) is 0 Å². The van der Waals surface area contributed by atoms with Crippen LogP contribution in [0.25, 0.3) is 11.3 Å². The second kappa shape index (κ2) is 5.29. The molecule has 5 nitrogen and oxygen atoms in total. The lowest BCUT2D eigenvalue weighted by Gasteiger charge is -2.26. The SMILES string of the molecule is COC(=O)c1cc2c(oc1=O)-c1ccccc1OC2SC. The van der Waals surface area contributed by atoms with Crippen LogP contribution in [0.1, 0.15) is 21.4 Å². The summed E-state index contributed by atoms with van der Waals surface area (Å²) in [5.74, 6) is 0.373. The summed E-state index contributed by atoms with van der Waals surface area (Å²) in [7, 11) is 1.22. The number of ether oxygens (including phenoxy) is 2. The van der Waals surface area contributed by atoms with E-state index in [1.807, 2.05) is 30.5 Å². The largest absolute Gasteiger partial charge is 0.474 e. The van der Waals surface area contributed by atoms with E-state index in [1.54, 1.807) is 0 Å². The molecule has 0 spiro atoms. The van der Waals surface area contributed by atoms with Crippen molar-refractivity contribution in [1.82, 2.24) is 0 Å². The minimum Gasteiger partial charge on any atom is -0.474 e. The molecule has 1 aromatic heterocycles. The van der Waals surface area contributed by atoms with Gasteiger partial charge in [0, 0.05) is 5.56 Å². The summed E-state index contributed by atoms with van der Waals surface area (Å²) in [5.41, 5.74) is 0.172. The Morgan fingerprint density at radius 3 is 2.81 bits per heavy atom. The first-order valence-electron chi connectivity index (χ1n) is 6.21. The van der Waals surface area contributed by atoms with Gasteiger partial charge in [0.15, 0.2) is 5.44 Å². The number of carbonyl (C=O) groups is 1. The molecule has 1 aliphatic rings. The number of para-hydroxylation sites is 1. The molecule has 0 N–H and O–H groups in total. The van der Waals surface area contributed by atoms with Gasteiger partial charge in [0.25, 0.3) is 0 Å². The van der Waals surface area contributed by atoms with Crippen molar-refractivity contribution in [3.8, 4) is 17.1 Å². The van der Waals surface area contributed by atoms with E-state index in [0.29, 0.717) is 22.6 Å². The highest BCUT2D eigenvalue weighted by molar-refractivity contribution is 7.98. The summed E-state index contributed by atoms with van der Waals surface area (Å²) in [6.45, 7) is 0. The minimum atomic E-state index is -0.717. The fourth-order valence-electron chi connectivity index (χ4n) is 2.24. The van der Waals surface area contributed by atoms with Crippen molar-refractivity contribution in [3.63, 3.8) is 0 Å². The Kier molecular flexibility index (Phi) is 3.47. The van der Waals surface area contributed by atoms with Gasteiger partial charge in [0.1, 0.15) is 17.1 Å². The number of hydrogen-bond acceptors (Lipinski definition) is 6. The zero-order valence-electron chi connectivity index (χ0n) is 11.4. The van der Waals surface area contributed by atoms with Gasteiger partial charge < -0.3 is 13.9 Å². The highest BCUT2D eigenvalue weighted by Crippen LogP contribution is 2.45. The van der Waals surface area contributed by atoms with Gasteiger partial charge in [-0.25, -0.2) is 9.59 Å². The third kappa shape index (κ3) is 2.21. The Bertz CT molecular complexity index is 765.